The Balaban J connectivity index is 1.59. The Morgan fingerprint density at radius 1 is 1.03 bits per heavy atom. The fourth-order valence-electron chi connectivity index (χ4n) is 3.64. The molecule has 1 aliphatic heterocycles. The number of carbonyl (C=O) groups excluding carboxylic acids is 2. The zero-order chi connectivity index (χ0) is 24.2. The summed E-state index contributed by atoms with van der Waals surface area (Å²) in [5, 5.41) is 4.03. The average Bonchev–Trinajstić information content (AvgIpc) is 2.75. The summed E-state index contributed by atoms with van der Waals surface area (Å²) in [6.07, 6.45) is 0.577. The monoisotopic (exact) mass is 491 g/mol. The van der Waals surface area contributed by atoms with E-state index >= 15 is 0 Å². The van der Waals surface area contributed by atoms with Crippen LogP contribution in [0.5, 0.6) is 5.75 Å². The summed E-state index contributed by atoms with van der Waals surface area (Å²) in [5.74, 6) is 0.823. The fraction of sp³-hybridized carbons (Fsp3) is 0.440. The smallest absolute Gasteiger partial charge is 0.267 e. The second-order valence-corrected chi connectivity index (χ2v) is 10.00. The molecule has 0 spiro atoms. The molecule has 0 saturated carbocycles. The number of hydrogen-bond donors (Lipinski definition) is 1. The largest absolute Gasteiger partial charge is 0.478 e. The number of carbonyl (C=O) groups is 2. The third kappa shape index (κ3) is 6.78. The molecule has 1 aliphatic rings. The number of rotatable bonds is 7. The molecular weight excluding hydrogens is 461 g/mol. The van der Waals surface area contributed by atoms with Gasteiger partial charge < -0.3 is 19.9 Å². The summed E-state index contributed by atoms with van der Waals surface area (Å²) in [6.45, 7) is 10.3. The van der Waals surface area contributed by atoms with E-state index in [-0.39, 0.29) is 11.8 Å². The number of amides is 2. The van der Waals surface area contributed by atoms with Crippen LogP contribution < -0.4 is 15.0 Å². The van der Waals surface area contributed by atoms with E-state index in [0.29, 0.717) is 46.9 Å². The lowest BCUT2D eigenvalue weighted by Gasteiger charge is -2.37. The molecule has 1 saturated heterocycles. The molecule has 178 valence electrons. The lowest BCUT2D eigenvalue weighted by Crippen LogP contribution is -2.49. The van der Waals surface area contributed by atoms with Gasteiger partial charge in [-0.1, -0.05) is 37.0 Å². The maximum atomic E-state index is 12.8. The minimum atomic E-state index is -1.10. The molecular formula is C25H31Cl2N3O3. The second-order valence-electron chi connectivity index (χ2n) is 9.15. The highest BCUT2D eigenvalue weighted by Gasteiger charge is 2.30. The minimum Gasteiger partial charge on any atom is -0.478 e. The lowest BCUT2D eigenvalue weighted by molar-refractivity contribution is -0.132. The number of nitrogens with zero attached hydrogens (tertiary/aromatic N) is 2. The van der Waals surface area contributed by atoms with Crippen molar-refractivity contribution in [2.45, 2.75) is 39.7 Å². The Hall–Kier alpha value is -2.44. The molecule has 1 N–H and O–H groups in total. The van der Waals surface area contributed by atoms with Crippen molar-refractivity contribution >= 4 is 46.4 Å². The van der Waals surface area contributed by atoms with Gasteiger partial charge >= 0.3 is 0 Å². The molecule has 33 heavy (non-hydrogen) atoms. The summed E-state index contributed by atoms with van der Waals surface area (Å²) >= 11 is 12.5. The zero-order valence-electron chi connectivity index (χ0n) is 19.5. The molecule has 0 atom stereocenters. The van der Waals surface area contributed by atoms with Crippen LogP contribution in [-0.4, -0.2) is 48.5 Å². The molecule has 0 aliphatic carbocycles. The highest BCUT2D eigenvalue weighted by atomic mass is 35.5. The van der Waals surface area contributed by atoms with Gasteiger partial charge in [-0.3, -0.25) is 9.59 Å². The number of benzene rings is 2. The van der Waals surface area contributed by atoms with E-state index < -0.39 is 5.60 Å². The van der Waals surface area contributed by atoms with Crippen LogP contribution in [0.2, 0.25) is 10.0 Å². The zero-order valence-corrected chi connectivity index (χ0v) is 21.0. The van der Waals surface area contributed by atoms with E-state index in [9.17, 15) is 9.59 Å². The number of hydrogen-bond acceptors (Lipinski definition) is 4. The van der Waals surface area contributed by atoms with Crippen molar-refractivity contribution in [1.82, 2.24) is 4.90 Å². The van der Waals surface area contributed by atoms with Gasteiger partial charge in [0.1, 0.15) is 5.75 Å². The molecule has 6 nitrogen and oxygen atoms in total. The van der Waals surface area contributed by atoms with Gasteiger partial charge in [-0.2, -0.15) is 0 Å². The van der Waals surface area contributed by atoms with Gasteiger partial charge in [0.2, 0.25) is 5.91 Å². The molecule has 2 aromatic carbocycles. The highest BCUT2D eigenvalue weighted by Crippen LogP contribution is 2.30. The third-order valence-electron chi connectivity index (χ3n) is 5.49. The maximum Gasteiger partial charge on any atom is 0.267 e. The van der Waals surface area contributed by atoms with E-state index in [4.69, 9.17) is 27.9 Å². The normalized spacial score (nSPS) is 14.4. The second kappa shape index (κ2) is 10.7. The number of ether oxygens (including phenoxy) is 1. The van der Waals surface area contributed by atoms with Crippen molar-refractivity contribution in [2.24, 2.45) is 5.92 Å². The van der Waals surface area contributed by atoms with Crippen molar-refractivity contribution in [1.29, 1.82) is 0 Å². The van der Waals surface area contributed by atoms with Gasteiger partial charge in [-0.15, -0.1) is 0 Å². The van der Waals surface area contributed by atoms with Crippen molar-refractivity contribution in [3.05, 3.63) is 52.5 Å². The Kier molecular flexibility index (Phi) is 8.14. The Bertz CT molecular complexity index is 985. The molecule has 0 radical (unpaired) electrons. The van der Waals surface area contributed by atoms with Gasteiger partial charge in [0.25, 0.3) is 5.91 Å². The van der Waals surface area contributed by atoms with E-state index in [1.165, 1.54) is 0 Å². The predicted molar refractivity (Wildman–Crippen MR) is 134 cm³/mol. The van der Waals surface area contributed by atoms with Gasteiger partial charge in [0.05, 0.1) is 10.7 Å². The Morgan fingerprint density at radius 3 is 2.24 bits per heavy atom. The average molecular weight is 492 g/mol. The molecule has 1 heterocycles. The predicted octanol–water partition coefficient (Wildman–Crippen LogP) is 5.48. The molecule has 0 unspecified atom stereocenters. The van der Waals surface area contributed by atoms with E-state index in [1.54, 1.807) is 44.2 Å². The van der Waals surface area contributed by atoms with Crippen molar-refractivity contribution in [2.75, 3.05) is 36.4 Å². The van der Waals surface area contributed by atoms with Crippen LogP contribution in [0.3, 0.4) is 0 Å². The number of halogens is 2. The first-order valence-electron chi connectivity index (χ1n) is 11.1. The van der Waals surface area contributed by atoms with Crippen molar-refractivity contribution in [3.63, 3.8) is 0 Å². The van der Waals surface area contributed by atoms with Crippen molar-refractivity contribution < 1.29 is 14.3 Å². The lowest BCUT2D eigenvalue weighted by atomic mass is 10.1. The van der Waals surface area contributed by atoms with Crippen LogP contribution in [0.1, 0.15) is 34.1 Å². The molecule has 8 heteroatoms. The standard InChI is InChI=1S/C25H31Cl2N3O3/c1-17(2)15-23(31)30-13-11-29(12-14-30)22-10-7-19(16-21(22)27)28-24(32)25(3,4)33-20-8-5-18(26)6-9-20/h5-10,16-17H,11-15H2,1-4H3,(H,28,32). The number of anilines is 2. The molecule has 3 rings (SSSR count). The fourth-order valence-corrected chi connectivity index (χ4v) is 4.07. The molecule has 1 fully saturated rings. The van der Waals surface area contributed by atoms with Gasteiger partial charge in [-0.05, 0) is 62.2 Å². The van der Waals surface area contributed by atoms with Gasteiger partial charge in [0, 0.05) is 43.3 Å². The topological polar surface area (TPSA) is 61.9 Å². The van der Waals surface area contributed by atoms with E-state index in [2.05, 4.69) is 24.1 Å². The number of piperazine rings is 1. The summed E-state index contributed by atoms with van der Waals surface area (Å²) in [7, 11) is 0. The summed E-state index contributed by atoms with van der Waals surface area (Å²) < 4.78 is 5.85. The van der Waals surface area contributed by atoms with E-state index in [0.717, 1.165) is 18.8 Å². The van der Waals surface area contributed by atoms with E-state index in [1.807, 2.05) is 17.0 Å². The Labute approximate surface area is 205 Å². The first-order valence-corrected chi connectivity index (χ1v) is 11.9. The maximum absolute atomic E-state index is 12.8. The molecule has 2 aromatic rings. The number of nitrogens with one attached hydrogen (secondary N) is 1. The SMILES string of the molecule is CC(C)CC(=O)N1CCN(c2ccc(NC(=O)C(C)(C)Oc3ccc(Cl)cc3)cc2Cl)CC1. The quantitative estimate of drug-likeness (QED) is 0.556. The summed E-state index contributed by atoms with van der Waals surface area (Å²) in [5.41, 5.74) is 0.382. The minimum absolute atomic E-state index is 0.206. The van der Waals surface area contributed by atoms with Gasteiger partial charge in [0.15, 0.2) is 5.60 Å². The van der Waals surface area contributed by atoms with Crippen LogP contribution in [0.15, 0.2) is 42.5 Å². The third-order valence-corrected chi connectivity index (χ3v) is 6.05. The van der Waals surface area contributed by atoms with Crippen LogP contribution >= 0.6 is 23.2 Å². The highest BCUT2D eigenvalue weighted by molar-refractivity contribution is 6.33. The summed E-state index contributed by atoms with van der Waals surface area (Å²) in [4.78, 5) is 29.2. The first kappa shape index (κ1) is 25.2. The Morgan fingerprint density at radius 2 is 1.67 bits per heavy atom. The van der Waals surface area contributed by atoms with Crippen LogP contribution in [0.4, 0.5) is 11.4 Å². The first-order chi connectivity index (χ1) is 15.5. The van der Waals surface area contributed by atoms with Crippen LogP contribution in [-0.2, 0) is 9.59 Å². The molecule has 0 aromatic heterocycles. The molecule has 0 bridgehead atoms. The van der Waals surface area contributed by atoms with Crippen LogP contribution in [0, 0.1) is 5.92 Å². The van der Waals surface area contributed by atoms with Crippen molar-refractivity contribution in [3.8, 4) is 5.75 Å². The van der Waals surface area contributed by atoms with Gasteiger partial charge in [-0.25, -0.2) is 0 Å². The molecule has 2 amide bonds. The summed E-state index contributed by atoms with van der Waals surface area (Å²) in [6, 6.07) is 12.3. The van der Waals surface area contributed by atoms with Crippen LogP contribution in [0.25, 0.3) is 0 Å².